The molecule has 3 nitrogen and oxygen atoms in total. The minimum atomic E-state index is -0.220. The van der Waals surface area contributed by atoms with Crippen molar-refractivity contribution in [1.82, 2.24) is 10.6 Å². The molecule has 3 heteroatoms. The van der Waals surface area contributed by atoms with Gasteiger partial charge >= 0.3 is 6.03 Å². The van der Waals surface area contributed by atoms with E-state index in [0.717, 1.165) is 12.0 Å². The van der Waals surface area contributed by atoms with Crippen molar-refractivity contribution in [3.63, 3.8) is 0 Å². The fourth-order valence-electron chi connectivity index (χ4n) is 1.78. The molecule has 0 fully saturated rings. The molecule has 0 aromatic heterocycles. The SMILES string of the molecule is C#CCNC(=O)N[C@H](CC(C)C)c1ccccc1. The quantitative estimate of drug-likeness (QED) is 0.768. The molecule has 0 spiro atoms. The summed E-state index contributed by atoms with van der Waals surface area (Å²) in [5.74, 6) is 2.88. The molecule has 1 aromatic carbocycles. The van der Waals surface area contributed by atoms with Gasteiger partial charge in [0, 0.05) is 0 Å². The van der Waals surface area contributed by atoms with Crippen LogP contribution in [0.15, 0.2) is 30.3 Å². The van der Waals surface area contributed by atoms with Crippen molar-refractivity contribution in [2.75, 3.05) is 6.54 Å². The first kappa shape index (κ1) is 14.1. The number of nitrogens with one attached hydrogen (secondary N) is 2. The summed E-state index contributed by atoms with van der Waals surface area (Å²) in [6, 6.07) is 9.76. The van der Waals surface area contributed by atoms with Crippen LogP contribution in [0.2, 0.25) is 0 Å². The first-order valence-corrected chi connectivity index (χ1v) is 6.16. The lowest BCUT2D eigenvalue weighted by molar-refractivity contribution is 0.236. The van der Waals surface area contributed by atoms with E-state index < -0.39 is 0 Å². The Labute approximate surface area is 109 Å². The lowest BCUT2D eigenvalue weighted by Gasteiger charge is -2.21. The molecule has 0 saturated carbocycles. The van der Waals surface area contributed by atoms with E-state index >= 15 is 0 Å². The molecule has 2 amide bonds. The van der Waals surface area contributed by atoms with Crippen LogP contribution < -0.4 is 10.6 Å². The van der Waals surface area contributed by atoms with Crippen LogP contribution >= 0.6 is 0 Å². The Bertz CT molecular complexity index is 406. The average molecular weight is 244 g/mol. The number of hydrogen-bond acceptors (Lipinski definition) is 1. The molecule has 1 aromatic rings. The average Bonchev–Trinajstić information content (AvgIpc) is 2.36. The molecule has 0 radical (unpaired) electrons. The van der Waals surface area contributed by atoms with Gasteiger partial charge in [-0.05, 0) is 17.9 Å². The van der Waals surface area contributed by atoms with E-state index in [2.05, 4.69) is 30.4 Å². The Morgan fingerprint density at radius 3 is 2.56 bits per heavy atom. The van der Waals surface area contributed by atoms with Gasteiger partial charge in [0.15, 0.2) is 0 Å². The second-order valence-corrected chi connectivity index (χ2v) is 4.62. The van der Waals surface area contributed by atoms with E-state index in [9.17, 15) is 4.79 Å². The summed E-state index contributed by atoms with van der Waals surface area (Å²) in [6.45, 7) is 4.52. The Balaban J connectivity index is 2.68. The van der Waals surface area contributed by atoms with Crippen LogP contribution in [-0.2, 0) is 0 Å². The van der Waals surface area contributed by atoms with Gasteiger partial charge in [0.1, 0.15) is 0 Å². The molecular weight excluding hydrogens is 224 g/mol. The topological polar surface area (TPSA) is 41.1 Å². The molecule has 0 aliphatic carbocycles. The highest BCUT2D eigenvalue weighted by atomic mass is 16.2. The first-order chi connectivity index (χ1) is 8.63. The predicted octanol–water partition coefficient (Wildman–Crippen LogP) is 2.71. The molecule has 0 unspecified atom stereocenters. The number of terminal acetylenes is 1. The van der Waals surface area contributed by atoms with E-state index in [1.54, 1.807) is 0 Å². The number of urea groups is 1. The molecule has 1 rings (SSSR count). The third kappa shape index (κ3) is 4.92. The third-order valence-electron chi connectivity index (χ3n) is 2.57. The van der Waals surface area contributed by atoms with E-state index in [1.807, 2.05) is 30.3 Å². The number of rotatable bonds is 5. The fraction of sp³-hybridized carbons (Fsp3) is 0.400. The van der Waals surface area contributed by atoms with Crippen molar-refractivity contribution in [1.29, 1.82) is 0 Å². The van der Waals surface area contributed by atoms with Gasteiger partial charge in [-0.1, -0.05) is 50.1 Å². The fourth-order valence-corrected chi connectivity index (χ4v) is 1.78. The second-order valence-electron chi connectivity index (χ2n) is 4.62. The van der Waals surface area contributed by atoms with Gasteiger partial charge in [-0.25, -0.2) is 4.79 Å². The molecule has 0 bridgehead atoms. The van der Waals surface area contributed by atoms with E-state index in [-0.39, 0.29) is 18.6 Å². The summed E-state index contributed by atoms with van der Waals surface area (Å²) in [4.78, 5) is 11.6. The number of hydrogen-bond donors (Lipinski definition) is 2. The Morgan fingerprint density at radius 2 is 2.00 bits per heavy atom. The maximum absolute atomic E-state index is 11.6. The normalized spacial score (nSPS) is 11.7. The molecule has 96 valence electrons. The zero-order chi connectivity index (χ0) is 13.4. The predicted molar refractivity (Wildman–Crippen MR) is 74.0 cm³/mol. The van der Waals surface area contributed by atoms with Gasteiger partial charge in [0.25, 0.3) is 0 Å². The molecular formula is C15H20N2O. The molecule has 1 atom stereocenters. The van der Waals surface area contributed by atoms with Gasteiger partial charge in [0.05, 0.1) is 12.6 Å². The summed E-state index contributed by atoms with van der Waals surface area (Å²) in [5, 5.41) is 5.57. The van der Waals surface area contributed by atoms with Crippen molar-refractivity contribution >= 4 is 6.03 Å². The van der Waals surface area contributed by atoms with Crippen LogP contribution in [0.1, 0.15) is 31.9 Å². The molecule has 2 N–H and O–H groups in total. The van der Waals surface area contributed by atoms with Crippen LogP contribution in [-0.4, -0.2) is 12.6 Å². The summed E-state index contributed by atoms with van der Waals surface area (Å²) >= 11 is 0. The van der Waals surface area contributed by atoms with Crippen molar-refractivity contribution in [3.05, 3.63) is 35.9 Å². The van der Waals surface area contributed by atoms with Crippen LogP contribution in [0, 0.1) is 18.3 Å². The van der Waals surface area contributed by atoms with Gasteiger partial charge < -0.3 is 10.6 Å². The zero-order valence-corrected chi connectivity index (χ0v) is 10.9. The van der Waals surface area contributed by atoms with Gasteiger partial charge in [-0.3, -0.25) is 0 Å². The van der Waals surface area contributed by atoms with E-state index in [4.69, 9.17) is 6.42 Å². The smallest absolute Gasteiger partial charge is 0.316 e. The summed E-state index contributed by atoms with van der Waals surface area (Å²) in [5.41, 5.74) is 1.11. The van der Waals surface area contributed by atoms with Crippen molar-refractivity contribution in [2.24, 2.45) is 5.92 Å². The van der Waals surface area contributed by atoms with Gasteiger partial charge in [-0.15, -0.1) is 6.42 Å². The number of carbonyl (C=O) groups is 1. The standard InChI is InChI=1S/C15H20N2O/c1-4-10-16-15(18)17-14(11-12(2)3)13-8-6-5-7-9-13/h1,5-9,12,14H,10-11H2,2-3H3,(H2,16,17,18)/t14-/m1/s1. The molecule has 0 saturated heterocycles. The zero-order valence-electron chi connectivity index (χ0n) is 10.9. The lowest BCUT2D eigenvalue weighted by atomic mass is 9.97. The van der Waals surface area contributed by atoms with E-state index in [0.29, 0.717) is 5.92 Å². The Kier molecular flexibility index (Phi) is 5.79. The number of amides is 2. The van der Waals surface area contributed by atoms with Crippen LogP contribution in [0.3, 0.4) is 0 Å². The van der Waals surface area contributed by atoms with Gasteiger partial charge in [0.2, 0.25) is 0 Å². The van der Waals surface area contributed by atoms with Crippen molar-refractivity contribution < 1.29 is 4.79 Å². The van der Waals surface area contributed by atoms with E-state index in [1.165, 1.54) is 0 Å². The number of carbonyl (C=O) groups excluding carboxylic acids is 1. The van der Waals surface area contributed by atoms with Gasteiger partial charge in [-0.2, -0.15) is 0 Å². The Hall–Kier alpha value is -1.95. The monoisotopic (exact) mass is 244 g/mol. The maximum atomic E-state index is 11.6. The largest absolute Gasteiger partial charge is 0.331 e. The van der Waals surface area contributed by atoms with Crippen LogP contribution in [0.25, 0.3) is 0 Å². The Morgan fingerprint density at radius 1 is 1.33 bits per heavy atom. The minimum Gasteiger partial charge on any atom is -0.331 e. The lowest BCUT2D eigenvalue weighted by Crippen LogP contribution is -2.38. The highest BCUT2D eigenvalue weighted by Crippen LogP contribution is 2.20. The molecule has 0 heterocycles. The van der Waals surface area contributed by atoms with Crippen LogP contribution in [0.5, 0.6) is 0 Å². The highest BCUT2D eigenvalue weighted by Gasteiger charge is 2.15. The third-order valence-corrected chi connectivity index (χ3v) is 2.57. The molecule has 0 aliphatic heterocycles. The summed E-state index contributed by atoms with van der Waals surface area (Å²) < 4.78 is 0. The summed E-state index contributed by atoms with van der Waals surface area (Å²) in [7, 11) is 0. The maximum Gasteiger partial charge on any atom is 0.316 e. The molecule has 0 aliphatic rings. The minimum absolute atomic E-state index is 0.0176. The first-order valence-electron chi connectivity index (χ1n) is 6.16. The highest BCUT2D eigenvalue weighted by molar-refractivity contribution is 5.74. The second kappa shape index (κ2) is 7.39. The number of benzene rings is 1. The molecule has 18 heavy (non-hydrogen) atoms. The van der Waals surface area contributed by atoms with Crippen molar-refractivity contribution in [2.45, 2.75) is 26.3 Å². The summed E-state index contributed by atoms with van der Waals surface area (Å²) in [6.07, 6.45) is 6.00. The van der Waals surface area contributed by atoms with Crippen LogP contribution in [0.4, 0.5) is 4.79 Å². The van der Waals surface area contributed by atoms with Crippen molar-refractivity contribution in [3.8, 4) is 12.3 Å².